The molecule has 0 aliphatic carbocycles. The van der Waals surface area contributed by atoms with Crippen LogP contribution >= 0.6 is 0 Å². The Bertz CT molecular complexity index is 813. The molecule has 3 heterocycles. The standard InChI is InChI=1S/C16H18N4O4/c1-3-22-16(21)13-12-14(17-9-18-15(12)24-20-13)19-10(2)6-7-11-5-4-8-23-11/h4-5,8-10H,3,6-7H2,1-2H3,(H,17,18,19). The molecule has 0 fully saturated rings. The fourth-order valence-corrected chi connectivity index (χ4v) is 2.35. The number of furan rings is 1. The monoisotopic (exact) mass is 330 g/mol. The summed E-state index contributed by atoms with van der Waals surface area (Å²) in [6, 6.07) is 3.90. The Morgan fingerprint density at radius 3 is 3.04 bits per heavy atom. The maximum Gasteiger partial charge on any atom is 0.361 e. The van der Waals surface area contributed by atoms with E-state index in [-0.39, 0.29) is 24.1 Å². The molecule has 1 atom stereocenters. The van der Waals surface area contributed by atoms with Crippen molar-refractivity contribution < 1.29 is 18.5 Å². The van der Waals surface area contributed by atoms with Crippen LogP contribution in [0.5, 0.6) is 0 Å². The van der Waals surface area contributed by atoms with Crippen LogP contribution in [-0.4, -0.2) is 33.7 Å². The zero-order valence-corrected chi connectivity index (χ0v) is 13.5. The Morgan fingerprint density at radius 1 is 1.42 bits per heavy atom. The molecule has 0 aromatic carbocycles. The van der Waals surface area contributed by atoms with Gasteiger partial charge in [-0.1, -0.05) is 5.16 Å². The van der Waals surface area contributed by atoms with Crippen LogP contribution < -0.4 is 5.32 Å². The summed E-state index contributed by atoms with van der Waals surface area (Å²) in [6.07, 6.45) is 4.65. The van der Waals surface area contributed by atoms with Crippen molar-refractivity contribution in [1.82, 2.24) is 15.1 Å². The van der Waals surface area contributed by atoms with Crippen molar-refractivity contribution in [3.63, 3.8) is 0 Å². The van der Waals surface area contributed by atoms with Gasteiger partial charge in [0.15, 0.2) is 0 Å². The van der Waals surface area contributed by atoms with Crippen molar-refractivity contribution in [2.24, 2.45) is 0 Å². The molecule has 1 N–H and O–H groups in total. The minimum atomic E-state index is -0.558. The molecule has 8 nitrogen and oxygen atoms in total. The third-order valence-electron chi connectivity index (χ3n) is 3.53. The van der Waals surface area contributed by atoms with Crippen molar-refractivity contribution in [3.05, 3.63) is 36.2 Å². The van der Waals surface area contributed by atoms with Crippen LogP contribution in [0.4, 0.5) is 5.82 Å². The predicted octanol–water partition coefficient (Wildman–Crippen LogP) is 2.82. The first-order chi connectivity index (χ1) is 11.7. The van der Waals surface area contributed by atoms with Crippen LogP contribution in [0.2, 0.25) is 0 Å². The zero-order chi connectivity index (χ0) is 16.9. The van der Waals surface area contributed by atoms with Gasteiger partial charge in [-0.25, -0.2) is 9.78 Å². The number of carbonyl (C=O) groups is 1. The van der Waals surface area contributed by atoms with Crippen LogP contribution in [0.1, 0.15) is 36.5 Å². The maximum absolute atomic E-state index is 12.0. The number of hydrogen-bond donors (Lipinski definition) is 1. The lowest BCUT2D eigenvalue weighted by atomic mass is 10.1. The first-order valence-corrected chi connectivity index (χ1v) is 7.75. The average Bonchev–Trinajstić information content (AvgIpc) is 3.23. The summed E-state index contributed by atoms with van der Waals surface area (Å²) >= 11 is 0. The number of nitrogens with one attached hydrogen (secondary N) is 1. The van der Waals surface area contributed by atoms with Crippen molar-refractivity contribution in [1.29, 1.82) is 0 Å². The number of rotatable bonds is 7. The van der Waals surface area contributed by atoms with Gasteiger partial charge in [-0.3, -0.25) is 0 Å². The van der Waals surface area contributed by atoms with E-state index in [1.54, 1.807) is 13.2 Å². The minimum absolute atomic E-state index is 0.0770. The Kier molecular flexibility index (Phi) is 4.74. The molecule has 0 radical (unpaired) electrons. The quantitative estimate of drug-likeness (QED) is 0.660. The Morgan fingerprint density at radius 2 is 2.29 bits per heavy atom. The predicted molar refractivity (Wildman–Crippen MR) is 85.7 cm³/mol. The maximum atomic E-state index is 12.0. The van der Waals surface area contributed by atoms with Crippen molar-refractivity contribution in [3.8, 4) is 0 Å². The Labute approximate surface area is 138 Å². The summed E-state index contributed by atoms with van der Waals surface area (Å²) in [7, 11) is 0. The highest BCUT2D eigenvalue weighted by Crippen LogP contribution is 2.25. The normalized spacial score (nSPS) is 12.2. The molecule has 0 aliphatic heterocycles. The fourth-order valence-electron chi connectivity index (χ4n) is 2.35. The van der Waals surface area contributed by atoms with E-state index in [0.29, 0.717) is 11.2 Å². The first kappa shape index (κ1) is 16.0. The molecule has 0 aliphatic rings. The number of anilines is 1. The van der Waals surface area contributed by atoms with E-state index in [1.165, 1.54) is 6.33 Å². The number of carbonyl (C=O) groups excluding carboxylic acids is 1. The van der Waals surface area contributed by atoms with Crippen LogP contribution in [0.25, 0.3) is 11.1 Å². The molecular weight excluding hydrogens is 312 g/mol. The molecule has 0 saturated heterocycles. The van der Waals surface area contributed by atoms with E-state index in [2.05, 4.69) is 20.4 Å². The number of nitrogens with zero attached hydrogens (tertiary/aromatic N) is 3. The van der Waals surface area contributed by atoms with Gasteiger partial charge in [0.05, 0.1) is 12.9 Å². The molecule has 0 spiro atoms. The largest absolute Gasteiger partial charge is 0.469 e. The molecule has 126 valence electrons. The molecule has 24 heavy (non-hydrogen) atoms. The molecule has 3 rings (SSSR count). The zero-order valence-electron chi connectivity index (χ0n) is 13.5. The summed E-state index contributed by atoms with van der Waals surface area (Å²) in [5, 5.41) is 7.46. The topological polar surface area (TPSA) is 103 Å². The van der Waals surface area contributed by atoms with Crippen LogP contribution in [0.3, 0.4) is 0 Å². The minimum Gasteiger partial charge on any atom is -0.469 e. The van der Waals surface area contributed by atoms with Crippen molar-refractivity contribution >= 4 is 22.9 Å². The fraction of sp³-hybridized carbons (Fsp3) is 0.375. The molecule has 3 aromatic heterocycles. The highest BCUT2D eigenvalue weighted by atomic mass is 16.5. The molecule has 8 heteroatoms. The number of fused-ring (bicyclic) bond motifs is 1. The van der Waals surface area contributed by atoms with E-state index < -0.39 is 5.97 Å². The second-order valence-corrected chi connectivity index (χ2v) is 5.32. The Balaban J connectivity index is 1.78. The summed E-state index contributed by atoms with van der Waals surface area (Å²) in [5.74, 6) is 0.863. The van der Waals surface area contributed by atoms with E-state index >= 15 is 0 Å². The SMILES string of the molecule is CCOC(=O)c1noc2ncnc(NC(C)CCc3ccco3)c12. The third-order valence-corrected chi connectivity index (χ3v) is 3.53. The highest BCUT2D eigenvalue weighted by molar-refractivity contribution is 6.04. The highest BCUT2D eigenvalue weighted by Gasteiger charge is 2.22. The van der Waals surface area contributed by atoms with Crippen LogP contribution in [0, 0.1) is 0 Å². The lowest BCUT2D eigenvalue weighted by molar-refractivity contribution is 0.0517. The van der Waals surface area contributed by atoms with Crippen LogP contribution in [-0.2, 0) is 11.2 Å². The molecular formula is C16H18N4O4. The van der Waals surface area contributed by atoms with E-state index in [1.807, 2.05) is 19.1 Å². The second kappa shape index (κ2) is 7.12. The van der Waals surface area contributed by atoms with Gasteiger partial charge in [0, 0.05) is 12.5 Å². The smallest absolute Gasteiger partial charge is 0.361 e. The van der Waals surface area contributed by atoms with Gasteiger partial charge in [0.1, 0.15) is 23.3 Å². The number of ether oxygens (including phenoxy) is 1. The van der Waals surface area contributed by atoms with Crippen LogP contribution in [0.15, 0.2) is 33.7 Å². The summed E-state index contributed by atoms with van der Waals surface area (Å²) in [5.41, 5.74) is 0.321. The average molecular weight is 330 g/mol. The number of hydrogen-bond acceptors (Lipinski definition) is 8. The van der Waals surface area contributed by atoms with Gasteiger partial charge in [0.25, 0.3) is 5.71 Å². The van der Waals surface area contributed by atoms with E-state index in [0.717, 1.165) is 18.6 Å². The van der Waals surface area contributed by atoms with Gasteiger partial charge < -0.3 is 19.0 Å². The lowest BCUT2D eigenvalue weighted by Crippen LogP contribution is -2.17. The Hall–Kier alpha value is -2.90. The molecule has 0 bridgehead atoms. The third kappa shape index (κ3) is 3.37. The summed E-state index contributed by atoms with van der Waals surface area (Å²) < 4.78 is 15.4. The number of aromatic nitrogens is 3. The molecule has 0 saturated carbocycles. The van der Waals surface area contributed by atoms with E-state index in [9.17, 15) is 4.79 Å². The van der Waals surface area contributed by atoms with Crippen molar-refractivity contribution in [2.75, 3.05) is 11.9 Å². The lowest BCUT2D eigenvalue weighted by Gasteiger charge is -2.14. The van der Waals surface area contributed by atoms with E-state index in [4.69, 9.17) is 13.7 Å². The van der Waals surface area contributed by atoms with Gasteiger partial charge in [0.2, 0.25) is 5.69 Å². The van der Waals surface area contributed by atoms with Crippen molar-refractivity contribution in [2.45, 2.75) is 32.7 Å². The van der Waals surface area contributed by atoms with Gasteiger partial charge >= 0.3 is 5.97 Å². The summed E-state index contributed by atoms with van der Waals surface area (Å²) in [6.45, 7) is 4.00. The second-order valence-electron chi connectivity index (χ2n) is 5.32. The molecule has 0 amide bonds. The number of aryl methyl sites for hydroxylation is 1. The molecule has 1 unspecified atom stereocenters. The molecule has 3 aromatic rings. The van der Waals surface area contributed by atoms with Gasteiger partial charge in [-0.2, -0.15) is 4.98 Å². The first-order valence-electron chi connectivity index (χ1n) is 7.75. The van der Waals surface area contributed by atoms with Gasteiger partial charge in [-0.05, 0) is 32.4 Å². The number of esters is 1. The van der Waals surface area contributed by atoms with Gasteiger partial charge in [-0.15, -0.1) is 0 Å². The summed E-state index contributed by atoms with van der Waals surface area (Å²) in [4.78, 5) is 20.2.